The number of carbonyl (C=O) groups excluding carboxylic acids is 2. The minimum Gasteiger partial charge on any atom is -0.491 e. The van der Waals surface area contributed by atoms with Crippen molar-refractivity contribution in [3.63, 3.8) is 0 Å². The number of hydrogen-bond acceptors (Lipinski definition) is 4. The zero-order valence-corrected chi connectivity index (χ0v) is 10.9. The molecule has 1 amide bonds. The van der Waals surface area contributed by atoms with Crippen molar-refractivity contribution in [3.05, 3.63) is 23.8 Å². The lowest BCUT2D eigenvalue weighted by atomic mass is 10.1. The van der Waals surface area contributed by atoms with E-state index in [4.69, 9.17) is 9.84 Å². The van der Waals surface area contributed by atoms with E-state index < -0.39 is 0 Å². The summed E-state index contributed by atoms with van der Waals surface area (Å²) >= 11 is 0. The lowest BCUT2D eigenvalue weighted by Gasteiger charge is -2.17. The molecule has 102 valence electrons. The average Bonchev–Trinajstić information content (AvgIpc) is 2.56. The Bertz CT molecular complexity index is 498. The van der Waals surface area contributed by atoms with Crippen LogP contribution in [-0.2, 0) is 4.79 Å². The van der Waals surface area contributed by atoms with Crippen molar-refractivity contribution in [3.8, 4) is 5.75 Å². The zero-order chi connectivity index (χ0) is 13.8. The molecule has 1 aliphatic heterocycles. The molecule has 0 aromatic heterocycles. The molecule has 0 radical (unpaired) electrons. The summed E-state index contributed by atoms with van der Waals surface area (Å²) in [7, 11) is 1.68. The molecule has 1 aromatic rings. The first-order valence-corrected chi connectivity index (χ1v) is 6.31. The summed E-state index contributed by atoms with van der Waals surface area (Å²) in [6.45, 7) is 0.353. The van der Waals surface area contributed by atoms with Gasteiger partial charge in [-0.3, -0.25) is 9.59 Å². The van der Waals surface area contributed by atoms with Crippen molar-refractivity contribution in [2.75, 3.05) is 25.2 Å². The number of ketones is 1. The van der Waals surface area contributed by atoms with Gasteiger partial charge in [0.25, 0.3) is 0 Å². The molecule has 19 heavy (non-hydrogen) atoms. The standard InChI is InChI=1S/C14H17NO4/c1-15-11-9-10(12(17)3-2-7-16)4-5-13(11)19-8-6-14(15)18/h4-5,9,16H,2-3,6-8H2,1H3. The summed E-state index contributed by atoms with van der Waals surface area (Å²) in [5.74, 6) is 0.549. The van der Waals surface area contributed by atoms with Crippen molar-refractivity contribution in [1.82, 2.24) is 0 Å². The highest BCUT2D eigenvalue weighted by molar-refractivity contribution is 6.00. The van der Waals surface area contributed by atoms with E-state index in [-0.39, 0.29) is 18.3 Å². The predicted molar refractivity (Wildman–Crippen MR) is 70.6 cm³/mol. The Labute approximate surface area is 111 Å². The van der Waals surface area contributed by atoms with E-state index in [9.17, 15) is 9.59 Å². The first kappa shape index (κ1) is 13.5. The van der Waals surface area contributed by atoms with Gasteiger partial charge in [0, 0.05) is 25.6 Å². The smallest absolute Gasteiger partial charge is 0.230 e. The maximum atomic E-state index is 11.9. The van der Waals surface area contributed by atoms with Gasteiger partial charge in [0.1, 0.15) is 5.75 Å². The van der Waals surface area contributed by atoms with Crippen molar-refractivity contribution in [1.29, 1.82) is 0 Å². The second kappa shape index (κ2) is 5.84. The fourth-order valence-electron chi connectivity index (χ4n) is 2.01. The Morgan fingerprint density at radius 3 is 3.00 bits per heavy atom. The number of amides is 1. The molecule has 5 heteroatoms. The Morgan fingerprint density at radius 2 is 2.26 bits per heavy atom. The quantitative estimate of drug-likeness (QED) is 0.833. The maximum Gasteiger partial charge on any atom is 0.230 e. The van der Waals surface area contributed by atoms with Crippen LogP contribution in [-0.4, -0.2) is 37.1 Å². The number of aliphatic hydroxyl groups is 1. The van der Waals surface area contributed by atoms with Crippen LogP contribution in [0.4, 0.5) is 5.69 Å². The van der Waals surface area contributed by atoms with Gasteiger partial charge in [-0.2, -0.15) is 0 Å². The summed E-state index contributed by atoms with van der Waals surface area (Å²) in [6, 6.07) is 5.09. The fraction of sp³-hybridized carbons (Fsp3) is 0.429. The molecule has 0 aliphatic carbocycles. The van der Waals surface area contributed by atoms with E-state index >= 15 is 0 Å². The summed E-state index contributed by atoms with van der Waals surface area (Å²) < 4.78 is 5.49. The Morgan fingerprint density at radius 1 is 1.47 bits per heavy atom. The molecule has 1 aromatic carbocycles. The molecule has 1 aliphatic rings. The van der Waals surface area contributed by atoms with Gasteiger partial charge in [0.15, 0.2) is 5.78 Å². The van der Waals surface area contributed by atoms with Gasteiger partial charge in [-0.25, -0.2) is 0 Å². The topological polar surface area (TPSA) is 66.8 Å². The van der Waals surface area contributed by atoms with E-state index in [1.807, 2.05) is 0 Å². The Hall–Kier alpha value is -1.88. The lowest BCUT2D eigenvalue weighted by Crippen LogP contribution is -2.25. The lowest BCUT2D eigenvalue weighted by molar-refractivity contribution is -0.118. The highest BCUT2D eigenvalue weighted by atomic mass is 16.5. The van der Waals surface area contributed by atoms with Crippen LogP contribution in [0, 0.1) is 0 Å². The number of rotatable bonds is 4. The molecule has 0 spiro atoms. The van der Waals surface area contributed by atoms with E-state index in [1.165, 1.54) is 4.90 Å². The molecule has 0 saturated heterocycles. The molecular weight excluding hydrogens is 246 g/mol. The van der Waals surface area contributed by atoms with Crippen molar-refractivity contribution in [2.24, 2.45) is 0 Å². The van der Waals surface area contributed by atoms with Crippen LogP contribution in [0.15, 0.2) is 18.2 Å². The van der Waals surface area contributed by atoms with Gasteiger partial charge in [0.2, 0.25) is 5.91 Å². The molecule has 0 atom stereocenters. The fourth-order valence-corrected chi connectivity index (χ4v) is 2.01. The monoisotopic (exact) mass is 263 g/mol. The minimum absolute atomic E-state index is 0.00181. The van der Waals surface area contributed by atoms with E-state index in [0.717, 1.165) is 0 Å². The predicted octanol–water partition coefficient (Wildman–Crippen LogP) is 1.39. The molecule has 1 heterocycles. The summed E-state index contributed by atoms with van der Waals surface area (Å²) in [5, 5.41) is 8.74. The number of benzene rings is 1. The highest BCUT2D eigenvalue weighted by Crippen LogP contribution is 2.31. The summed E-state index contributed by atoms with van der Waals surface area (Å²) in [4.78, 5) is 25.2. The molecule has 0 bridgehead atoms. The molecule has 5 nitrogen and oxygen atoms in total. The number of fused-ring (bicyclic) bond motifs is 1. The van der Waals surface area contributed by atoms with E-state index in [2.05, 4.69) is 0 Å². The van der Waals surface area contributed by atoms with Crippen LogP contribution < -0.4 is 9.64 Å². The summed E-state index contributed by atoms with van der Waals surface area (Å²) in [6.07, 6.45) is 1.08. The van der Waals surface area contributed by atoms with Crippen LogP contribution in [0.5, 0.6) is 5.75 Å². The number of carbonyl (C=O) groups is 2. The van der Waals surface area contributed by atoms with Crippen LogP contribution in [0.3, 0.4) is 0 Å². The molecular formula is C14H17NO4. The molecule has 2 rings (SSSR count). The second-order valence-electron chi connectivity index (χ2n) is 4.48. The van der Waals surface area contributed by atoms with Crippen molar-refractivity contribution < 1.29 is 19.4 Å². The molecule has 0 fully saturated rings. The first-order valence-electron chi connectivity index (χ1n) is 6.31. The average molecular weight is 263 g/mol. The molecule has 1 N–H and O–H groups in total. The third kappa shape index (κ3) is 2.93. The summed E-state index contributed by atoms with van der Waals surface area (Å²) in [5.41, 5.74) is 1.16. The minimum atomic E-state index is -0.0399. The zero-order valence-electron chi connectivity index (χ0n) is 10.9. The Balaban J connectivity index is 2.28. The highest BCUT2D eigenvalue weighted by Gasteiger charge is 2.21. The molecule has 0 unspecified atom stereocenters. The van der Waals surface area contributed by atoms with Crippen LogP contribution >= 0.6 is 0 Å². The van der Waals surface area contributed by atoms with Gasteiger partial charge in [-0.1, -0.05) is 0 Å². The van der Waals surface area contributed by atoms with Gasteiger partial charge in [0.05, 0.1) is 18.7 Å². The number of hydrogen-bond donors (Lipinski definition) is 1. The van der Waals surface area contributed by atoms with Gasteiger partial charge < -0.3 is 14.7 Å². The second-order valence-corrected chi connectivity index (χ2v) is 4.48. The number of Topliss-reactive ketones (excluding diaryl/α,β-unsaturated/α-hetero) is 1. The number of ether oxygens (including phenoxy) is 1. The number of anilines is 1. The normalized spacial score (nSPS) is 14.6. The van der Waals surface area contributed by atoms with E-state index in [1.54, 1.807) is 25.2 Å². The first-order chi connectivity index (χ1) is 9.13. The Kier molecular flexibility index (Phi) is 4.16. The number of nitrogens with zero attached hydrogens (tertiary/aromatic N) is 1. The van der Waals surface area contributed by atoms with Crippen LogP contribution in [0.25, 0.3) is 0 Å². The SMILES string of the molecule is CN1C(=O)CCOc2ccc(C(=O)CCCO)cc21. The third-order valence-corrected chi connectivity index (χ3v) is 3.15. The van der Waals surface area contributed by atoms with Gasteiger partial charge >= 0.3 is 0 Å². The van der Waals surface area contributed by atoms with Crippen LogP contribution in [0.1, 0.15) is 29.6 Å². The van der Waals surface area contributed by atoms with Crippen molar-refractivity contribution >= 4 is 17.4 Å². The van der Waals surface area contributed by atoms with Gasteiger partial charge in [-0.05, 0) is 24.6 Å². The third-order valence-electron chi connectivity index (χ3n) is 3.15. The van der Waals surface area contributed by atoms with E-state index in [0.29, 0.717) is 42.9 Å². The number of aliphatic hydroxyl groups excluding tert-OH is 1. The maximum absolute atomic E-state index is 11.9. The van der Waals surface area contributed by atoms with Crippen molar-refractivity contribution in [2.45, 2.75) is 19.3 Å². The van der Waals surface area contributed by atoms with Crippen LogP contribution in [0.2, 0.25) is 0 Å². The largest absolute Gasteiger partial charge is 0.491 e. The van der Waals surface area contributed by atoms with Gasteiger partial charge in [-0.15, -0.1) is 0 Å². The molecule has 0 saturated carbocycles.